The average Bonchev–Trinajstić information content (AvgIpc) is 3.15. The molecule has 0 fully saturated rings. The van der Waals surface area contributed by atoms with Gasteiger partial charge in [0.2, 0.25) is 0 Å². The third-order valence-electron chi connectivity index (χ3n) is 8.35. The Morgan fingerprint density at radius 2 is 0.469 bits per heavy atom. The van der Waals surface area contributed by atoms with Gasteiger partial charge < -0.3 is 26.6 Å². The molecule has 0 aliphatic carbocycles. The van der Waals surface area contributed by atoms with E-state index in [0.29, 0.717) is 47.3 Å². The monoisotopic (exact) mass is 684 g/mol. The molecule has 6 rings (SSSR count). The van der Waals surface area contributed by atoms with Crippen molar-refractivity contribution in [1.29, 1.82) is 0 Å². The van der Waals surface area contributed by atoms with Crippen LogP contribution >= 0.6 is 0 Å². The lowest BCUT2D eigenvalue weighted by Crippen LogP contribution is -2.78. The van der Waals surface area contributed by atoms with E-state index in [4.69, 9.17) is 26.6 Å². The van der Waals surface area contributed by atoms with Gasteiger partial charge in [0.05, 0.1) is 0 Å². The first-order chi connectivity index (χ1) is 24.1. The molecule has 0 heterocycles. The van der Waals surface area contributed by atoms with Gasteiger partial charge in [-0.05, 0) is 85.6 Å². The van der Waals surface area contributed by atoms with E-state index in [0.717, 1.165) is 0 Å². The first kappa shape index (κ1) is 33.5. The minimum atomic E-state index is -4.21. The fraction of sp³-hybridized carbons (Fsp3) is 0.122. The molecule has 0 aliphatic rings. The second kappa shape index (κ2) is 15.6. The number of rotatable bonds is 16. The lowest BCUT2D eigenvalue weighted by molar-refractivity contribution is 0.168. The Morgan fingerprint density at radius 3 is 0.612 bits per heavy atom. The molecule has 6 nitrogen and oxygen atoms in total. The van der Waals surface area contributed by atoms with Gasteiger partial charge in [0.25, 0.3) is 0 Å². The van der Waals surface area contributed by atoms with E-state index in [9.17, 15) is 0 Å². The van der Waals surface area contributed by atoms with Crippen LogP contribution in [-0.4, -0.2) is 17.6 Å². The number of hydrogen-bond acceptors (Lipinski definition) is 6. The minimum absolute atomic E-state index is 0.459. The van der Waals surface area contributed by atoms with Crippen molar-refractivity contribution in [3.63, 3.8) is 0 Å². The number of benzene rings is 6. The van der Waals surface area contributed by atoms with Gasteiger partial charge >= 0.3 is 17.6 Å². The lowest BCUT2D eigenvalue weighted by Gasteiger charge is -2.48. The molecule has 0 unspecified atom stereocenters. The Balaban J connectivity index is 1.69. The fourth-order valence-electron chi connectivity index (χ4n) is 5.88. The highest BCUT2D eigenvalue weighted by molar-refractivity contribution is 6.87. The smallest absolute Gasteiger partial charge is 0.483 e. The third kappa shape index (κ3) is 7.51. The van der Waals surface area contributed by atoms with Crippen LogP contribution in [0.2, 0.25) is 4.66 Å². The Bertz CT molecular complexity index is 1490. The second-order valence-electron chi connectivity index (χ2n) is 11.4. The largest absolute Gasteiger partial charge is 0.714 e. The zero-order valence-corrected chi connectivity index (χ0v) is 29.7. The summed E-state index contributed by atoms with van der Waals surface area (Å²) < 4.78 is 42.5. The third-order valence-corrected chi connectivity index (χ3v) is 17.0. The molecule has 0 saturated heterocycles. The summed E-state index contributed by atoms with van der Waals surface area (Å²) in [4.78, 5) is 0. The van der Waals surface area contributed by atoms with Crippen molar-refractivity contribution < 1.29 is 26.6 Å². The van der Waals surface area contributed by atoms with E-state index in [2.05, 4.69) is 13.8 Å². The number of hydrogen-bond donors (Lipinski definition) is 0. The summed E-state index contributed by atoms with van der Waals surface area (Å²) in [6.07, 6.45) is 0.919. The van der Waals surface area contributed by atoms with Crippen molar-refractivity contribution >= 4 is 17.6 Å². The van der Waals surface area contributed by atoms with Gasteiger partial charge in [0.1, 0.15) is 34.5 Å². The van der Waals surface area contributed by atoms with Gasteiger partial charge in [-0.15, -0.1) is 0 Å². The van der Waals surface area contributed by atoms with E-state index in [1.54, 1.807) is 0 Å². The summed E-state index contributed by atoms with van der Waals surface area (Å²) in [5.41, 5.74) is 0. The molecule has 0 saturated carbocycles. The summed E-state index contributed by atoms with van der Waals surface area (Å²) in [7, 11) is -8.42. The Kier molecular flexibility index (Phi) is 10.7. The molecule has 0 atom stereocenters. The van der Waals surface area contributed by atoms with Crippen LogP contribution < -0.4 is 26.6 Å². The average molecular weight is 685 g/mol. The van der Waals surface area contributed by atoms with E-state index in [-0.39, 0.29) is 0 Å². The molecule has 49 heavy (non-hydrogen) atoms. The maximum absolute atomic E-state index is 7.27. The number of para-hydroxylation sites is 6. The van der Waals surface area contributed by atoms with Crippen LogP contribution in [0.15, 0.2) is 182 Å². The maximum Gasteiger partial charge on any atom is 0.714 e. The van der Waals surface area contributed by atoms with Gasteiger partial charge in [-0.2, -0.15) is 0 Å². The molecule has 0 N–H and O–H groups in total. The van der Waals surface area contributed by atoms with Crippen molar-refractivity contribution in [2.24, 2.45) is 0 Å². The summed E-state index contributed by atoms with van der Waals surface area (Å²) in [6, 6.07) is 57.9. The fourth-order valence-corrected chi connectivity index (χ4v) is 14.1. The zero-order chi connectivity index (χ0) is 33.8. The van der Waals surface area contributed by atoms with Crippen molar-refractivity contribution in [2.75, 3.05) is 0 Å². The van der Waals surface area contributed by atoms with E-state index < -0.39 is 22.3 Å². The molecule has 8 heteroatoms. The second-order valence-corrected chi connectivity index (χ2v) is 17.3. The molecule has 0 bridgehead atoms. The Hall–Kier alpha value is -5.45. The molecule has 0 aromatic heterocycles. The molecule has 248 valence electrons. The highest BCUT2D eigenvalue weighted by Crippen LogP contribution is 2.55. The Labute approximate surface area is 291 Å². The summed E-state index contributed by atoms with van der Waals surface area (Å²) >= 11 is 0. The molecule has 0 amide bonds. The van der Waals surface area contributed by atoms with Crippen LogP contribution in [0.5, 0.6) is 34.5 Å². The predicted octanol–water partition coefficient (Wildman–Crippen LogP) is 10.4. The van der Waals surface area contributed by atoms with Gasteiger partial charge in [-0.25, -0.2) is 0 Å². The molecule has 6 aromatic carbocycles. The highest BCUT2D eigenvalue weighted by atomic mass is 28.5. The topological polar surface area (TPSA) is 55.4 Å². The van der Waals surface area contributed by atoms with Crippen LogP contribution in [0.25, 0.3) is 0 Å². The maximum atomic E-state index is 7.27. The molecular formula is C41H40O6Si2. The van der Waals surface area contributed by atoms with E-state index in [1.165, 1.54) is 0 Å². The van der Waals surface area contributed by atoms with Crippen LogP contribution in [0.1, 0.15) is 26.7 Å². The van der Waals surface area contributed by atoms with Crippen molar-refractivity contribution in [3.8, 4) is 34.5 Å². The molecule has 6 aromatic rings. The minimum Gasteiger partial charge on any atom is -0.483 e. The van der Waals surface area contributed by atoms with Crippen molar-refractivity contribution in [3.05, 3.63) is 182 Å². The highest BCUT2D eigenvalue weighted by Gasteiger charge is 2.85. The molecule has 0 aliphatic heterocycles. The molecular weight excluding hydrogens is 645 g/mol. The normalized spacial score (nSPS) is 11.6. The first-order valence-corrected chi connectivity index (χ1v) is 20.0. The molecule has 0 spiro atoms. The quantitative estimate of drug-likeness (QED) is 0.0946. The SMILES string of the molecule is CCC(CC)([Si](Oc1ccccc1)(Oc1ccccc1)Oc1ccccc1)[Si](Oc1ccccc1)(Oc1ccccc1)Oc1ccccc1. The van der Waals surface area contributed by atoms with Crippen molar-refractivity contribution in [1.82, 2.24) is 0 Å². The molecule has 0 radical (unpaired) electrons. The van der Waals surface area contributed by atoms with Crippen molar-refractivity contribution in [2.45, 2.75) is 31.4 Å². The predicted molar refractivity (Wildman–Crippen MR) is 197 cm³/mol. The summed E-state index contributed by atoms with van der Waals surface area (Å²) in [6.45, 7) is 4.20. The standard InChI is InChI=1S/C41H40O6Si2/c1-3-41(4-2,48(42-35-23-11-5-12-24-35,43-36-25-13-6-14-26-36)44-37-27-15-7-16-28-37)49(45-38-29-17-8-18-30-38,46-39-31-19-9-20-32-39)47-40-33-21-10-22-34-40/h5-34H,3-4H2,1-2H3. The van der Waals surface area contributed by atoms with Crippen LogP contribution in [0, 0.1) is 0 Å². The first-order valence-electron chi connectivity index (χ1n) is 16.5. The lowest BCUT2D eigenvalue weighted by atomic mass is 10.2. The van der Waals surface area contributed by atoms with Gasteiger partial charge in [0, 0.05) is 0 Å². The Morgan fingerprint density at radius 1 is 0.306 bits per heavy atom. The van der Waals surface area contributed by atoms with Gasteiger partial charge in [0.15, 0.2) is 4.66 Å². The zero-order valence-electron chi connectivity index (χ0n) is 27.7. The van der Waals surface area contributed by atoms with E-state index in [1.807, 2.05) is 182 Å². The summed E-state index contributed by atoms with van der Waals surface area (Å²) in [5.74, 6) is 3.55. The van der Waals surface area contributed by atoms with Crippen LogP contribution in [0.3, 0.4) is 0 Å². The van der Waals surface area contributed by atoms with Gasteiger partial charge in [-0.1, -0.05) is 123 Å². The van der Waals surface area contributed by atoms with E-state index >= 15 is 0 Å². The van der Waals surface area contributed by atoms with Crippen LogP contribution in [0.4, 0.5) is 0 Å². The van der Waals surface area contributed by atoms with Gasteiger partial charge in [-0.3, -0.25) is 0 Å². The van der Waals surface area contributed by atoms with Crippen LogP contribution in [-0.2, 0) is 0 Å². The summed E-state index contributed by atoms with van der Waals surface area (Å²) in [5, 5.41) is 0.